The molecule has 0 aliphatic carbocycles. The number of hydrogen-bond donors (Lipinski definition) is 3. The second-order valence-corrected chi connectivity index (χ2v) is 2.40. The van der Waals surface area contributed by atoms with Gasteiger partial charge in [0.25, 0.3) is 0 Å². The Balaban J connectivity index is 2.81. The van der Waals surface area contributed by atoms with Gasteiger partial charge in [-0.05, 0) is 0 Å². The van der Waals surface area contributed by atoms with Crippen LogP contribution in [0.25, 0.3) is 0 Å². The molecule has 0 saturated heterocycles. The van der Waals surface area contributed by atoms with Crippen LogP contribution in [0.3, 0.4) is 0 Å². The molecule has 1 heterocycles. The van der Waals surface area contributed by atoms with Crippen LogP contribution in [-0.2, 0) is 0 Å². The molecule has 0 radical (unpaired) electrons. The number of rotatable bonds is 1. The van der Waals surface area contributed by atoms with E-state index in [9.17, 15) is 0 Å². The van der Waals surface area contributed by atoms with Gasteiger partial charge in [0.2, 0.25) is 0 Å². The Bertz CT molecular complexity index is 352. The normalized spacial score (nSPS) is 9.00. The third kappa shape index (κ3) is 2.65. The van der Waals surface area contributed by atoms with Crippen molar-refractivity contribution >= 4 is 5.82 Å². The van der Waals surface area contributed by atoms with Crippen molar-refractivity contribution in [3.05, 3.63) is 17.8 Å². The average molecular weight is 178 g/mol. The first-order valence-electron chi connectivity index (χ1n) is 3.78. The number of aliphatic hydroxyl groups excluding tert-OH is 1. The van der Waals surface area contributed by atoms with Crippen molar-refractivity contribution in [1.82, 2.24) is 4.98 Å². The maximum absolute atomic E-state index is 9.15. The van der Waals surface area contributed by atoms with Crippen molar-refractivity contribution in [1.29, 1.82) is 0 Å². The number of nitrogens with two attached hydrogens (primary N) is 1. The summed E-state index contributed by atoms with van der Waals surface area (Å²) < 4.78 is 0. The average Bonchev–Trinajstić information content (AvgIpc) is 2.12. The third-order valence-corrected chi connectivity index (χ3v) is 1.37. The van der Waals surface area contributed by atoms with Crippen LogP contribution < -0.4 is 5.73 Å². The van der Waals surface area contributed by atoms with Crippen LogP contribution in [0.2, 0.25) is 0 Å². The van der Waals surface area contributed by atoms with E-state index in [1.54, 1.807) is 0 Å². The molecule has 0 saturated carbocycles. The van der Waals surface area contributed by atoms with E-state index in [1.807, 2.05) is 0 Å². The van der Waals surface area contributed by atoms with Gasteiger partial charge < -0.3 is 15.9 Å². The number of pyridine rings is 1. The van der Waals surface area contributed by atoms with E-state index in [0.29, 0.717) is 12.0 Å². The summed E-state index contributed by atoms with van der Waals surface area (Å²) in [5.74, 6) is 5.45. The largest absolute Gasteiger partial charge is 0.504 e. The standard InChI is InChI=1S/C9H10N2O2/c10-9-8(13)5-7(6-11-9)3-1-2-4-12/h5-6,12-13H,2,4H2,(H2,10,11). The van der Waals surface area contributed by atoms with E-state index < -0.39 is 0 Å². The van der Waals surface area contributed by atoms with Gasteiger partial charge >= 0.3 is 0 Å². The van der Waals surface area contributed by atoms with Gasteiger partial charge in [-0.1, -0.05) is 11.8 Å². The summed E-state index contributed by atoms with van der Waals surface area (Å²) in [7, 11) is 0. The molecule has 0 aromatic carbocycles. The molecular formula is C9H10N2O2. The predicted molar refractivity (Wildman–Crippen MR) is 48.9 cm³/mol. The van der Waals surface area contributed by atoms with Crippen LogP contribution in [0, 0.1) is 11.8 Å². The molecule has 0 amide bonds. The molecule has 0 atom stereocenters. The van der Waals surface area contributed by atoms with E-state index in [4.69, 9.17) is 15.9 Å². The van der Waals surface area contributed by atoms with Gasteiger partial charge in [-0.15, -0.1) is 0 Å². The highest BCUT2D eigenvalue weighted by Crippen LogP contribution is 2.16. The maximum atomic E-state index is 9.15. The van der Waals surface area contributed by atoms with E-state index in [2.05, 4.69) is 16.8 Å². The van der Waals surface area contributed by atoms with Gasteiger partial charge in [-0.2, -0.15) is 0 Å². The monoisotopic (exact) mass is 178 g/mol. The van der Waals surface area contributed by atoms with Gasteiger partial charge in [-0.25, -0.2) is 4.98 Å². The molecule has 1 aromatic rings. The zero-order chi connectivity index (χ0) is 9.68. The second-order valence-electron chi connectivity index (χ2n) is 2.40. The number of hydrogen-bond acceptors (Lipinski definition) is 4. The first-order valence-corrected chi connectivity index (χ1v) is 3.78. The van der Waals surface area contributed by atoms with Crippen molar-refractivity contribution in [3.8, 4) is 17.6 Å². The van der Waals surface area contributed by atoms with Crippen molar-refractivity contribution < 1.29 is 10.2 Å². The van der Waals surface area contributed by atoms with Crippen LogP contribution in [0.5, 0.6) is 5.75 Å². The second kappa shape index (κ2) is 4.33. The van der Waals surface area contributed by atoms with Crippen molar-refractivity contribution in [3.63, 3.8) is 0 Å². The highest BCUT2D eigenvalue weighted by Gasteiger charge is 1.96. The van der Waals surface area contributed by atoms with E-state index >= 15 is 0 Å². The van der Waals surface area contributed by atoms with E-state index in [-0.39, 0.29) is 18.2 Å². The van der Waals surface area contributed by atoms with Crippen LogP contribution in [-0.4, -0.2) is 21.8 Å². The zero-order valence-corrected chi connectivity index (χ0v) is 6.99. The van der Waals surface area contributed by atoms with E-state index in [1.165, 1.54) is 12.3 Å². The van der Waals surface area contributed by atoms with Gasteiger partial charge in [0.1, 0.15) is 0 Å². The van der Waals surface area contributed by atoms with Crippen LogP contribution >= 0.6 is 0 Å². The first-order chi connectivity index (χ1) is 6.24. The molecular weight excluding hydrogens is 168 g/mol. The smallest absolute Gasteiger partial charge is 0.165 e. The lowest BCUT2D eigenvalue weighted by molar-refractivity contribution is 0.305. The first kappa shape index (κ1) is 9.36. The molecule has 0 fully saturated rings. The number of nitrogens with zero attached hydrogens (tertiary/aromatic N) is 1. The summed E-state index contributed by atoms with van der Waals surface area (Å²) >= 11 is 0. The van der Waals surface area contributed by atoms with Gasteiger partial charge in [0.15, 0.2) is 11.6 Å². The van der Waals surface area contributed by atoms with Crippen LogP contribution in [0.4, 0.5) is 5.82 Å². The fraction of sp³-hybridized carbons (Fsp3) is 0.222. The lowest BCUT2D eigenvalue weighted by atomic mass is 10.2. The lowest BCUT2D eigenvalue weighted by Gasteiger charge is -1.96. The molecule has 4 N–H and O–H groups in total. The number of aliphatic hydroxyl groups is 1. The predicted octanol–water partition coefficient (Wildman–Crippen LogP) is 0.103. The minimum absolute atomic E-state index is 0.0291. The topological polar surface area (TPSA) is 79.4 Å². The minimum atomic E-state index is -0.0733. The molecule has 0 aliphatic heterocycles. The number of anilines is 1. The lowest BCUT2D eigenvalue weighted by Crippen LogP contribution is -1.90. The molecule has 0 aliphatic rings. The summed E-state index contributed by atoms with van der Waals surface area (Å²) in [6.45, 7) is 0.0291. The summed E-state index contributed by atoms with van der Waals surface area (Å²) in [5.41, 5.74) is 5.88. The highest BCUT2D eigenvalue weighted by atomic mass is 16.3. The fourth-order valence-electron chi connectivity index (χ4n) is 0.753. The van der Waals surface area contributed by atoms with E-state index in [0.717, 1.165) is 0 Å². The van der Waals surface area contributed by atoms with Crippen molar-refractivity contribution in [2.75, 3.05) is 12.3 Å². The summed E-state index contributed by atoms with van der Waals surface area (Å²) in [6.07, 6.45) is 1.88. The number of aromatic hydroxyl groups is 1. The SMILES string of the molecule is Nc1ncc(C#CCCO)cc1O. The molecule has 4 nitrogen and oxygen atoms in total. The Morgan fingerprint density at radius 1 is 1.54 bits per heavy atom. The molecule has 1 aromatic heterocycles. The van der Waals surface area contributed by atoms with Crippen LogP contribution in [0.15, 0.2) is 12.3 Å². The quantitative estimate of drug-likeness (QED) is 0.533. The van der Waals surface area contributed by atoms with Crippen molar-refractivity contribution in [2.45, 2.75) is 6.42 Å². The van der Waals surface area contributed by atoms with Gasteiger partial charge in [0.05, 0.1) is 6.61 Å². The molecule has 68 valence electrons. The molecule has 1 rings (SSSR count). The van der Waals surface area contributed by atoms with Gasteiger partial charge in [0, 0.05) is 24.2 Å². The minimum Gasteiger partial charge on any atom is -0.504 e. The Hall–Kier alpha value is -1.73. The Morgan fingerprint density at radius 2 is 2.31 bits per heavy atom. The molecule has 0 spiro atoms. The Morgan fingerprint density at radius 3 is 2.92 bits per heavy atom. The molecule has 0 unspecified atom stereocenters. The number of nitrogen functional groups attached to an aromatic ring is 1. The third-order valence-electron chi connectivity index (χ3n) is 1.37. The summed E-state index contributed by atoms with van der Waals surface area (Å²) in [6, 6.07) is 1.44. The highest BCUT2D eigenvalue weighted by molar-refractivity contribution is 5.49. The molecule has 0 bridgehead atoms. The molecule has 4 heteroatoms. The van der Waals surface area contributed by atoms with Crippen LogP contribution in [0.1, 0.15) is 12.0 Å². The summed E-state index contributed by atoms with van der Waals surface area (Å²) in [4.78, 5) is 3.72. The zero-order valence-electron chi connectivity index (χ0n) is 6.99. The van der Waals surface area contributed by atoms with Gasteiger partial charge in [-0.3, -0.25) is 0 Å². The Labute approximate surface area is 76.0 Å². The van der Waals surface area contributed by atoms with Crippen molar-refractivity contribution in [2.24, 2.45) is 0 Å². The Kier molecular flexibility index (Phi) is 3.12. The fourth-order valence-corrected chi connectivity index (χ4v) is 0.753. The number of aromatic nitrogens is 1. The molecule has 13 heavy (non-hydrogen) atoms. The maximum Gasteiger partial charge on any atom is 0.165 e. The summed E-state index contributed by atoms with van der Waals surface area (Å²) in [5, 5.41) is 17.6.